The zero-order valence-corrected chi connectivity index (χ0v) is 4.29. The van der Waals surface area contributed by atoms with Crippen molar-refractivity contribution in [1.29, 1.82) is 0 Å². The average molecular weight is 117 g/mol. The number of ether oxygens (including phenoxy) is 1. The van der Waals surface area contributed by atoms with Gasteiger partial charge in [0.2, 0.25) is 5.91 Å². The molecule has 0 aromatic carbocycles. The summed E-state index contributed by atoms with van der Waals surface area (Å²) in [6.45, 7) is -0.248. The van der Waals surface area contributed by atoms with Crippen LogP contribution in [0, 0.1) is 0 Å². The van der Waals surface area contributed by atoms with Crippen molar-refractivity contribution in [2.24, 2.45) is 5.73 Å². The summed E-state index contributed by atoms with van der Waals surface area (Å²) in [7, 11) is 0. The lowest BCUT2D eigenvalue weighted by Crippen LogP contribution is -2.18. The van der Waals surface area contributed by atoms with E-state index in [-0.39, 0.29) is 13.2 Å². The molecule has 0 saturated heterocycles. The van der Waals surface area contributed by atoms with Crippen molar-refractivity contribution in [2.75, 3.05) is 13.2 Å². The van der Waals surface area contributed by atoms with E-state index in [1.165, 1.54) is 0 Å². The number of hydrogen-bond donors (Lipinski definition) is 1. The van der Waals surface area contributed by atoms with E-state index >= 15 is 0 Å². The van der Waals surface area contributed by atoms with Crippen LogP contribution in [0.25, 0.3) is 0 Å². The number of amides is 1. The van der Waals surface area contributed by atoms with Crippen LogP contribution >= 0.6 is 0 Å². The predicted molar refractivity (Wildman–Crippen MR) is 26.1 cm³/mol. The number of carbonyl (C=O) groups is 2. The van der Waals surface area contributed by atoms with Gasteiger partial charge in [0.1, 0.15) is 19.5 Å². The van der Waals surface area contributed by atoms with Gasteiger partial charge in [0.15, 0.2) is 0 Å². The van der Waals surface area contributed by atoms with Gasteiger partial charge in [-0.3, -0.25) is 4.79 Å². The molecule has 8 heavy (non-hydrogen) atoms. The first-order valence-corrected chi connectivity index (χ1v) is 2.07. The monoisotopic (exact) mass is 117 g/mol. The number of carbonyl (C=O) groups excluding carboxylic acids is 2. The summed E-state index contributed by atoms with van der Waals surface area (Å²) in [6, 6.07) is 0. The molecule has 0 radical (unpaired) electrons. The van der Waals surface area contributed by atoms with Gasteiger partial charge in [-0.25, -0.2) is 0 Å². The SMILES string of the molecule is NC(=O)COCC=O. The second kappa shape index (κ2) is 4.26. The van der Waals surface area contributed by atoms with Crippen LogP contribution in [0.4, 0.5) is 0 Å². The van der Waals surface area contributed by atoms with Crippen LogP contribution in [0.15, 0.2) is 0 Å². The molecule has 0 aromatic rings. The van der Waals surface area contributed by atoms with Crippen LogP contribution in [-0.4, -0.2) is 25.4 Å². The van der Waals surface area contributed by atoms with E-state index in [0.717, 1.165) is 0 Å². The van der Waals surface area contributed by atoms with Crippen LogP contribution in [-0.2, 0) is 14.3 Å². The predicted octanol–water partition coefficient (Wildman–Crippen LogP) is -1.31. The fraction of sp³-hybridized carbons (Fsp3) is 0.500. The molecule has 0 aliphatic heterocycles. The minimum Gasteiger partial charge on any atom is -0.368 e. The fourth-order valence-corrected chi connectivity index (χ4v) is 0.208. The molecule has 0 aliphatic carbocycles. The number of nitrogens with two attached hydrogens (primary N) is 1. The van der Waals surface area contributed by atoms with Gasteiger partial charge in [0, 0.05) is 0 Å². The lowest BCUT2D eigenvalue weighted by Gasteiger charge is -1.90. The highest BCUT2D eigenvalue weighted by atomic mass is 16.5. The summed E-state index contributed by atoms with van der Waals surface area (Å²) in [4.78, 5) is 19.4. The van der Waals surface area contributed by atoms with E-state index in [9.17, 15) is 9.59 Å². The molecule has 0 saturated carbocycles. The Kier molecular flexibility index (Phi) is 3.78. The molecular weight excluding hydrogens is 110 g/mol. The summed E-state index contributed by atoms with van der Waals surface area (Å²) in [5.41, 5.74) is 4.65. The van der Waals surface area contributed by atoms with Crippen LogP contribution in [0.3, 0.4) is 0 Å². The van der Waals surface area contributed by atoms with Gasteiger partial charge >= 0.3 is 0 Å². The minimum atomic E-state index is -0.563. The Morgan fingerprint density at radius 1 is 1.75 bits per heavy atom. The molecule has 0 aromatic heterocycles. The molecule has 0 spiro atoms. The molecule has 4 heteroatoms. The maximum absolute atomic E-state index is 9.86. The number of aldehydes is 1. The summed E-state index contributed by atoms with van der Waals surface area (Å²) in [5.74, 6) is -0.563. The Hall–Kier alpha value is -0.900. The van der Waals surface area contributed by atoms with Gasteiger partial charge < -0.3 is 15.3 Å². The third kappa shape index (κ3) is 5.10. The highest BCUT2D eigenvalue weighted by molar-refractivity contribution is 5.75. The highest BCUT2D eigenvalue weighted by Crippen LogP contribution is 1.66. The third-order valence-electron chi connectivity index (χ3n) is 0.430. The second-order valence-electron chi connectivity index (χ2n) is 1.15. The van der Waals surface area contributed by atoms with Crippen LogP contribution < -0.4 is 5.73 Å². The van der Waals surface area contributed by atoms with Crippen LogP contribution in [0.2, 0.25) is 0 Å². The van der Waals surface area contributed by atoms with Gasteiger partial charge in [-0.2, -0.15) is 0 Å². The van der Waals surface area contributed by atoms with Crippen LogP contribution in [0.5, 0.6) is 0 Å². The molecule has 0 fully saturated rings. The van der Waals surface area contributed by atoms with Crippen molar-refractivity contribution in [3.63, 3.8) is 0 Å². The lowest BCUT2D eigenvalue weighted by molar-refractivity contribution is -0.124. The Labute approximate surface area is 46.6 Å². The summed E-state index contributed by atoms with van der Waals surface area (Å²) in [5, 5.41) is 0. The van der Waals surface area contributed by atoms with Crippen molar-refractivity contribution < 1.29 is 14.3 Å². The van der Waals surface area contributed by atoms with Crippen molar-refractivity contribution in [3.8, 4) is 0 Å². The normalized spacial score (nSPS) is 8.50. The van der Waals surface area contributed by atoms with Crippen molar-refractivity contribution in [2.45, 2.75) is 0 Å². The van der Waals surface area contributed by atoms with Crippen molar-refractivity contribution in [1.82, 2.24) is 0 Å². The van der Waals surface area contributed by atoms with Crippen molar-refractivity contribution in [3.05, 3.63) is 0 Å². The van der Waals surface area contributed by atoms with Gasteiger partial charge in [-0.05, 0) is 0 Å². The summed E-state index contributed by atoms with van der Waals surface area (Å²) >= 11 is 0. The molecule has 0 aliphatic rings. The van der Waals surface area contributed by atoms with E-state index < -0.39 is 5.91 Å². The minimum absolute atomic E-state index is 0.0665. The number of primary amides is 1. The van der Waals surface area contributed by atoms with Gasteiger partial charge in [-0.15, -0.1) is 0 Å². The first kappa shape index (κ1) is 7.10. The van der Waals surface area contributed by atoms with Gasteiger partial charge in [-0.1, -0.05) is 0 Å². The molecular formula is C4H7NO3. The Bertz CT molecular complexity index is 91.3. The molecule has 46 valence electrons. The molecule has 2 N–H and O–H groups in total. The van der Waals surface area contributed by atoms with E-state index in [1.807, 2.05) is 0 Å². The van der Waals surface area contributed by atoms with Gasteiger partial charge in [0.05, 0.1) is 0 Å². The third-order valence-corrected chi connectivity index (χ3v) is 0.430. The second-order valence-corrected chi connectivity index (χ2v) is 1.15. The largest absolute Gasteiger partial charge is 0.368 e. The van der Waals surface area contributed by atoms with Crippen LogP contribution in [0.1, 0.15) is 0 Å². The van der Waals surface area contributed by atoms with E-state index in [0.29, 0.717) is 6.29 Å². The molecule has 0 heterocycles. The van der Waals surface area contributed by atoms with Gasteiger partial charge in [0.25, 0.3) is 0 Å². The first-order valence-electron chi connectivity index (χ1n) is 2.07. The molecule has 0 atom stereocenters. The quantitative estimate of drug-likeness (QED) is 0.367. The van der Waals surface area contributed by atoms with Crippen molar-refractivity contribution >= 4 is 12.2 Å². The van der Waals surface area contributed by atoms with E-state index in [2.05, 4.69) is 10.5 Å². The number of hydrogen-bond acceptors (Lipinski definition) is 3. The zero-order valence-electron chi connectivity index (χ0n) is 4.29. The number of rotatable bonds is 4. The molecule has 0 unspecified atom stereocenters. The smallest absolute Gasteiger partial charge is 0.243 e. The molecule has 0 rings (SSSR count). The fourth-order valence-electron chi connectivity index (χ4n) is 0.208. The van der Waals surface area contributed by atoms with E-state index in [1.54, 1.807) is 0 Å². The summed E-state index contributed by atoms with van der Waals surface area (Å²) < 4.78 is 4.40. The Morgan fingerprint density at radius 3 is 2.75 bits per heavy atom. The zero-order chi connectivity index (χ0) is 6.41. The topological polar surface area (TPSA) is 69.4 Å². The Balaban J connectivity index is 2.93. The highest BCUT2D eigenvalue weighted by Gasteiger charge is 1.89. The maximum Gasteiger partial charge on any atom is 0.243 e. The van der Waals surface area contributed by atoms with E-state index in [4.69, 9.17) is 0 Å². The maximum atomic E-state index is 9.86. The standard InChI is InChI=1S/C4H7NO3/c5-4(7)3-8-2-1-6/h1H,2-3H2,(H2,5,7). The molecule has 0 bridgehead atoms. The molecule has 1 amide bonds. The molecule has 4 nitrogen and oxygen atoms in total. The summed E-state index contributed by atoms with van der Waals surface area (Å²) in [6.07, 6.45) is 0.558. The average Bonchev–Trinajstić information content (AvgIpc) is 1.66. The Morgan fingerprint density at radius 2 is 2.38 bits per heavy atom. The first-order chi connectivity index (χ1) is 3.77. The lowest BCUT2D eigenvalue weighted by atomic mass is 10.7.